The topological polar surface area (TPSA) is 184 Å². The normalized spacial score (nSPS) is 20.8. The molecule has 0 bridgehead atoms. The number of aryl methyl sites for hydroxylation is 1. The lowest BCUT2D eigenvalue weighted by atomic mass is 10.0. The molecule has 3 atom stereocenters. The van der Waals surface area contributed by atoms with Gasteiger partial charge in [-0.1, -0.05) is 12.1 Å². The Morgan fingerprint density at radius 2 is 1.97 bits per heavy atom. The van der Waals surface area contributed by atoms with Gasteiger partial charge in [-0.05, 0) is 37.0 Å². The minimum Gasteiger partial charge on any atom is -0.481 e. The first-order valence-electron chi connectivity index (χ1n) is 9.92. The van der Waals surface area contributed by atoms with Crippen molar-refractivity contribution in [1.82, 2.24) is 10.6 Å². The molecule has 1 aromatic rings. The highest BCUT2D eigenvalue weighted by Gasteiger charge is 2.35. The third-order valence-corrected chi connectivity index (χ3v) is 6.43. The van der Waals surface area contributed by atoms with Crippen molar-refractivity contribution < 1.29 is 29.4 Å². The summed E-state index contributed by atoms with van der Waals surface area (Å²) in [5, 5.41) is 22.4. The zero-order valence-electron chi connectivity index (χ0n) is 17.0. The number of rotatable bonds is 9. The van der Waals surface area contributed by atoms with Crippen molar-refractivity contribution in [2.24, 2.45) is 15.7 Å². The van der Waals surface area contributed by atoms with Crippen molar-refractivity contribution in [2.45, 2.75) is 42.2 Å². The van der Waals surface area contributed by atoms with Crippen molar-refractivity contribution in [2.75, 3.05) is 6.54 Å². The number of amides is 2. The summed E-state index contributed by atoms with van der Waals surface area (Å²) >= 11 is 1.50. The number of carboxylic acid groups (broad SMARTS) is 2. The second-order valence-corrected chi connectivity index (χ2v) is 8.77. The molecule has 12 heteroatoms. The van der Waals surface area contributed by atoms with Gasteiger partial charge in [-0.3, -0.25) is 24.7 Å². The standard InChI is InChI=1S/C20H23N5O6S/c21-20-24-16-15(18(29)25-20)32-12(9-22-16)6-3-10-1-4-11(5-2-10)17(28)23-13(19(30)31)7-8-14(26)27/h1-2,4-5,12-13,15H,3,6-9H2,(H,23,28)(H,26,27)(H,30,31)(H3,21,22,24,25,29)/t12?,13-,15?/m0/s1. The van der Waals surface area contributed by atoms with E-state index < -0.39 is 29.1 Å². The molecule has 0 aromatic heterocycles. The molecule has 2 aliphatic rings. The van der Waals surface area contributed by atoms with Gasteiger partial charge in [0.2, 0.25) is 11.9 Å². The third-order valence-electron chi connectivity index (χ3n) is 4.97. The minimum atomic E-state index is -1.29. The first kappa shape index (κ1) is 23.3. The smallest absolute Gasteiger partial charge is 0.326 e. The van der Waals surface area contributed by atoms with Crippen molar-refractivity contribution in [1.29, 1.82) is 0 Å². The van der Waals surface area contributed by atoms with Crippen LogP contribution in [-0.2, 0) is 20.8 Å². The molecule has 6 N–H and O–H groups in total. The number of carbonyl (C=O) groups excluding carboxylic acids is 2. The Bertz CT molecular complexity index is 977. The third kappa shape index (κ3) is 6.06. The molecule has 1 aromatic carbocycles. The summed E-state index contributed by atoms with van der Waals surface area (Å²) in [6.45, 7) is 0.536. The van der Waals surface area contributed by atoms with Crippen molar-refractivity contribution in [3.63, 3.8) is 0 Å². The van der Waals surface area contributed by atoms with Gasteiger partial charge in [0.05, 0.1) is 6.54 Å². The van der Waals surface area contributed by atoms with Crippen molar-refractivity contribution in [3.05, 3.63) is 35.4 Å². The predicted molar refractivity (Wildman–Crippen MR) is 118 cm³/mol. The number of nitrogens with two attached hydrogens (primary N) is 1. The second kappa shape index (κ2) is 10.3. The van der Waals surface area contributed by atoms with Crippen LogP contribution in [0.4, 0.5) is 0 Å². The van der Waals surface area contributed by atoms with E-state index in [0.29, 0.717) is 18.8 Å². The molecule has 2 aliphatic heterocycles. The number of aliphatic carboxylic acids is 2. The summed E-state index contributed by atoms with van der Waals surface area (Å²) in [7, 11) is 0. The van der Waals surface area contributed by atoms with Gasteiger partial charge in [-0.25, -0.2) is 4.79 Å². The number of guanidine groups is 1. The maximum Gasteiger partial charge on any atom is 0.326 e. The summed E-state index contributed by atoms with van der Waals surface area (Å²) in [6.07, 6.45) is 0.921. The highest BCUT2D eigenvalue weighted by Crippen LogP contribution is 2.29. The van der Waals surface area contributed by atoms with E-state index in [9.17, 15) is 19.2 Å². The molecule has 2 amide bonds. The fourth-order valence-corrected chi connectivity index (χ4v) is 4.50. The summed E-state index contributed by atoms with van der Waals surface area (Å²) in [5.41, 5.74) is 6.81. The summed E-state index contributed by atoms with van der Waals surface area (Å²) in [4.78, 5) is 54.7. The highest BCUT2D eigenvalue weighted by molar-refractivity contribution is 8.02. The molecular weight excluding hydrogens is 438 g/mol. The van der Waals surface area contributed by atoms with Gasteiger partial charge in [0.1, 0.15) is 17.1 Å². The Hall–Kier alpha value is -3.41. The van der Waals surface area contributed by atoms with Crippen molar-refractivity contribution in [3.8, 4) is 0 Å². The number of fused-ring (bicyclic) bond motifs is 1. The molecule has 170 valence electrons. The van der Waals surface area contributed by atoms with Crippen LogP contribution < -0.4 is 16.4 Å². The number of carbonyl (C=O) groups is 4. The van der Waals surface area contributed by atoms with Crippen LogP contribution in [-0.4, -0.2) is 68.8 Å². The van der Waals surface area contributed by atoms with E-state index >= 15 is 0 Å². The summed E-state index contributed by atoms with van der Waals surface area (Å²) < 4.78 is 0. The first-order chi connectivity index (χ1) is 15.2. The highest BCUT2D eigenvalue weighted by atomic mass is 32.2. The number of aliphatic imine (C=N–C) groups is 2. The van der Waals surface area contributed by atoms with E-state index in [1.165, 1.54) is 11.8 Å². The molecule has 3 rings (SSSR count). The van der Waals surface area contributed by atoms with E-state index in [0.717, 1.165) is 12.0 Å². The molecule has 0 spiro atoms. The minimum absolute atomic E-state index is 0.0599. The number of hydrogen-bond donors (Lipinski definition) is 5. The molecule has 0 saturated carbocycles. The maximum absolute atomic E-state index is 12.3. The Labute approximate surface area is 187 Å². The fraction of sp³-hybridized carbons (Fsp3) is 0.400. The largest absolute Gasteiger partial charge is 0.481 e. The van der Waals surface area contributed by atoms with Gasteiger partial charge >= 0.3 is 11.9 Å². The zero-order chi connectivity index (χ0) is 23.3. The molecular formula is C20H23N5O6S. The molecule has 2 heterocycles. The van der Waals surface area contributed by atoms with Gasteiger partial charge < -0.3 is 21.3 Å². The lowest BCUT2D eigenvalue weighted by Crippen LogP contribution is -2.51. The summed E-state index contributed by atoms with van der Waals surface area (Å²) in [5.74, 6) is -2.71. The SMILES string of the molecule is NC1=NC2=NCC(CCc3ccc(C(=O)N[C@@H](CCC(=O)O)C(=O)O)cc3)SC2C(=O)N1. The van der Waals surface area contributed by atoms with Crippen LogP contribution in [0.1, 0.15) is 35.2 Å². The van der Waals surface area contributed by atoms with Gasteiger partial charge in [-0.2, -0.15) is 4.99 Å². The van der Waals surface area contributed by atoms with E-state index in [1.54, 1.807) is 24.3 Å². The van der Waals surface area contributed by atoms with Gasteiger partial charge in [0, 0.05) is 17.2 Å². The Morgan fingerprint density at radius 3 is 2.62 bits per heavy atom. The Balaban J connectivity index is 1.52. The van der Waals surface area contributed by atoms with E-state index in [4.69, 9.17) is 15.9 Å². The molecule has 0 radical (unpaired) electrons. The van der Waals surface area contributed by atoms with Crippen LogP contribution in [0.2, 0.25) is 0 Å². The maximum atomic E-state index is 12.3. The number of amidine groups is 1. The van der Waals surface area contributed by atoms with Crippen LogP contribution in [0.5, 0.6) is 0 Å². The molecule has 0 fully saturated rings. The van der Waals surface area contributed by atoms with Crippen LogP contribution in [0.15, 0.2) is 34.3 Å². The van der Waals surface area contributed by atoms with Crippen molar-refractivity contribution >= 4 is 47.3 Å². The van der Waals surface area contributed by atoms with Gasteiger partial charge in [0.15, 0.2) is 0 Å². The number of nitrogens with zero attached hydrogens (tertiary/aromatic N) is 2. The molecule has 2 unspecified atom stereocenters. The number of benzene rings is 1. The molecule has 11 nitrogen and oxygen atoms in total. The van der Waals surface area contributed by atoms with Crippen LogP contribution in [0.3, 0.4) is 0 Å². The number of thioether (sulfide) groups is 1. The predicted octanol–water partition coefficient (Wildman–Crippen LogP) is -0.00600. The monoisotopic (exact) mass is 461 g/mol. The average Bonchev–Trinajstić information content (AvgIpc) is 2.75. The average molecular weight is 462 g/mol. The second-order valence-electron chi connectivity index (χ2n) is 7.36. The van der Waals surface area contributed by atoms with Crippen LogP contribution >= 0.6 is 11.8 Å². The molecule has 0 aliphatic carbocycles. The Morgan fingerprint density at radius 1 is 1.25 bits per heavy atom. The van der Waals surface area contributed by atoms with Gasteiger partial charge in [0.25, 0.3) is 5.91 Å². The Kier molecular flexibility index (Phi) is 7.46. The quantitative estimate of drug-likeness (QED) is 0.340. The number of carboxylic acids is 2. The van der Waals surface area contributed by atoms with E-state index in [-0.39, 0.29) is 35.5 Å². The lowest BCUT2D eigenvalue weighted by molar-refractivity contribution is -0.140. The zero-order valence-corrected chi connectivity index (χ0v) is 17.8. The summed E-state index contributed by atoms with van der Waals surface area (Å²) in [6, 6.07) is 5.47. The molecule has 0 saturated heterocycles. The number of nitrogens with one attached hydrogen (secondary N) is 2. The van der Waals surface area contributed by atoms with Crippen LogP contribution in [0, 0.1) is 0 Å². The lowest BCUT2D eigenvalue weighted by Gasteiger charge is -2.28. The first-order valence-corrected chi connectivity index (χ1v) is 10.9. The fourth-order valence-electron chi connectivity index (χ4n) is 3.27. The van der Waals surface area contributed by atoms with E-state index in [2.05, 4.69) is 20.6 Å². The van der Waals surface area contributed by atoms with E-state index in [1.807, 2.05) is 0 Å². The molecule has 32 heavy (non-hydrogen) atoms. The van der Waals surface area contributed by atoms with Crippen LogP contribution in [0.25, 0.3) is 0 Å². The number of hydrogen-bond acceptors (Lipinski definition) is 8. The van der Waals surface area contributed by atoms with Gasteiger partial charge in [-0.15, -0.1) is 11.8 Å².